The summed E-state index contributed by atoms with van der Waals surface area (Å²) in [5.41, 5.74) is -0.195. The van der Waals surface area contributed by atoms with Crippen molar-refractivity contribution in [3.05, 3.63) is 33.3 Å². The Morgan fingerprint density at radius 3 is 2.82 bits per heavy atom. The van der Waals surface area contributed by atoms with Crippen molar-refractivity contribution in [3.8, 4) is 5.75 Å². The lowest BCUT2D eigenvalue weighted by Crippen LogP contribution is -2.08. The molecule has 0 saturated heterocycles. The van der Waals surface area contributed by atoms with Gasteiger partial charge in [0.25, 0.3) is 0 Å². The van der Waals surface area contributed by atoms with Gasteiger partial charge in [0, 0.05) is 17.2 Å². The average Bonchev–Trinajstić information content (AvgIpc) is 2.28. The number of nitro benzene ring substituents is 1. The van der Waals surface area contributed by atoms with Crippen molar-refractivity contribution in [1.82, 2.24) is 0 Å². The molecule has 0 radical (unpaired) electrons. The molecule has 0 heterocycles. The number of methoxy groups -OCH3 is 1. The molecular weight excluding hydrogens is 250 g/mol. The minimum absolute atomic E-state index is 0.00610. The van der Waals surface area contributed by atoms with Crippen molar-refractivity contribution in [2.75, 3.05) is 13.7 Å². The Balaban J connectivity index is 2.72. The molecule has 0 aliphatic rings. The number of ether oxygens (including phenoxy) is 2. The third-order valence-corrected chi connectivity index (χ3v) is 2.15. The molecule has 0 aliphatic carbocycles. The van der Waals surface area contributed by atoms with Crippen LogP contribution >= 0.6 is 11.6 Å². The fraction of sp³-hybridized carbons (Fsp3) is 0.300. The van der Waals surface area contributed by atoms with E-state index < -0.39 is 10.9 Å². The summed E-state index contributed by atoms with van der Waals surface area (Å²) in [6.07, 6.45) is 0.0141. The third kappa shape index (κ3) is 3.92. The van der Waals surface area contributed by atoms with Crippen molar-refractivity contribution in [2.24, 2.45) is 0 Å². The molecule has 1 aromatic carbocycles. The predicted octanol–water partition coefficient (Wildman–Crippen LogP) is 2.19. The Bertz CT molecular complexity index is 435. The second kappa shape index (κ2) is 6.05. The quantitative estimate of drug-likeness (QED) is 0.460. The Hall–Kier alpha value is -1.82. The summed E-state index contributed by atoms with van der Waals surface area (Å²) < 4.78 is 9.54. The van der Waals surface area contributed by atoms with Crippen LogP contribution in [0.25, 0.3) is 0 Å². The minimum atomic E-state index is -0.580. The van der Waals surface area contributed by atoms with Gasteiger partial charge in [0.2, 0.25) is 0 Å². The van der Waals surface area contributed by atoms with E-state index in [0.717, 1.165) is 0 Å². The third-order valence-electron chi connectivity index (χ3n) is 1.91. The Labute approximate surface area is 102 Å². The summed E-state index contributed by atoms with van der Waals surface area (Å²) >= 11 is 5.70. The molecule has 0 spiro atoms. The molecule has 0 amide bonds. The number of esters is 1. The minimum Gasteiger partial charge on any atom is -0.486 e. The molecule has 0 atom stereocenters. The molecule has 0 bridgehead atoms. The monoisotopic (exact) mass is 259 g/mol. The normalized spacial score (nSPS) is 9.76. The summed E-state index contributed by atoms with van der Waals surface area (Å²) in [6.45, 7) is -0.00610. The number of rotatable bonds is 5. The van der Waals surface area contributed by atoms with E-state index in [0.29, 0.717) is 5.02 Å². The Morgan fingerprint density at radius 1 is 1.53 bits per heavy atom. The zero-order chi connectivity index (χ0) is 12.8. The van der Waals surface area contributed by atoms with Crippen LogP contribution in [0.1, 0.15) is 6.42 Å². The zero-order valence-electron chi connectivity index (χ0n) is 9.01. The largest absolute Gasteiger partial charge is 0.486 e. The molecular formula is C10H10ClNO5. The zero-order valence-corrected chi connectivity index (χ0v) is 9.77. The molecule has 7 heteroatoms. The first kappa shape index (κ1) is 13.2. The van der Waals surface area contributed by atoms with Gasteiger partial charge in [-0.05, 0) is 6.07 Å². The number of hydrogen-bond acceptors (Lipinski definition) is 5. The molecule has 0 aliphatic heterocycles. The number of benzene rings is 1. The van der Waals surface area contributed by atoms with Crippen molar-refractivity contribution in [1.29, 1.82) is 0 Å². The van der Waals surface area contributed by atoms with Crippen molar-refractivity contribution >= 4 is 23.3 Å². The van der Waals surface area contributed by atoms with E-state index in [1.54, 1.807) is 0 Å². The van der Waals surface area contributed by atoms with Gasteiger partial charge in [0.1, 0.15) is 0 Å². The lowest BCUT2D eigenvalue weighted by atomic mass is 10.3. The Kier molecular flexibility index (Phi) is 4.71. The van der Waals surface area contributed by atoms with Gasteiger partial charge in [0.15, 0.2) is 5.75 Å². The maximum Gasteiger partial charge on any atom is 0.311 e. The van der Waals surface area contributed by atoms with Crippen molar-refractivity contribution in [3.63, 3.8) is 0 Å². The van der Waals surface area contributed by atoms with E-state index in [4.69, 9.17) is 16.3 Å². The van der Waals surface area contributed by atoms with Crippen LogP contribution in [0.5, 0.6) is 5.75 Å². The highest BCUT2D eigenvalue weighted by Crippen LogP contribution is 2.29. The van der Waals surface area contributed by atoms with Crippen LogP contribution in [0.4, 0.5) is 5.69 Å². The maximum atomic E-state index is 10.8. The Morgan fingerprint density at radius 2 is 2.24 bits per heavy atom. The second-order valence-electron chi connectivity index (χ2n) is 3.04. The molecule has 1 rings (SSSR count). The van der Waals surface area contributed by atoms with Gasteiger partial charge in [-0.3, -0.25) is 14.9 Å². The molecule has 6 nitrogen and oxygen atoms in total. The van der Waals surface area contributed by atoms with Crippen LogP contribution < -0.4 is 4.74 Å². The highest BCUT2D eigenvalue weighted by molar-refractivity contribution is 6.30. The van der Waals surface area contributed by atoms with Crippen LogP contribution in [-0.2, 0) is 9.53 Å². The molecule has 0 fully saturated rings. The maximum absolute atomic E-state index is 10.8. The fourth-order valence-electron chi connectivity index (χ4n) is 1.10. The molecule has 0 saturated carbocycles. The number of carbonyl (C=O) groups is 1. The van der Waals surface area contributed by atoms with Gasteiger partial charge < -0.3 is 9.47 Å². The number of carbonyl (C=O) groups excluding carboxylic acids is 1. The van der Waals surface area contributed by atoms with Crippen LogP contribution in [-0.4, -0.2) is 24.6 Å². The summed E-state index contributed by atoms with van der Waals surface area (Å²) in [5, 5.41) is 11.0. The van der Waals surface area contributed by atoms with Crippen LogP contribution in [0.15, 0.2) is 18.2 Å². The van der Waals surface area contributed by atoms with Crippen LogP contribution in [0.2, 0.25) is 5.02 Å². The smallest absolute Gasteiger partial charge is 0.311 e. The summed E-state index contributed by atoms with van der Waals surface area (Å²) in [7, 11) is 1.25. The van der Waals surface area contributed by atoms with E-state index in [1.807, 2.05) is 0 Å². The van der Waals surface area contributed by atoms with Gasteiger partial charge in [-0.15, -0.1) is 0 Å². The highest BCUT2D eigenvalue weighted by atomic mass is 35.5. The summed E-state index contributed by atoms with van der Waals surface area (Å²) in [5.74, 6) is -0.416. The van der Waals surface area contributed by atoms with Crippen molar-refractivity contribution < 1.29 is 19.2 Å². The first-order valence-electron chi connectivity index (χ1n) is 4.68. The van der Waals surface area contributed by atoms with E-state index >= 15 is 0 Å². The van der Waals surface area contributed by atoms with E-state index in [1.165, 1.54) is 25.3 Å². The molecule has 0 N–H and O–H groups in total. The molecule has 1 aromatic rings. The molecule has 92 valence electrons. The first-order valence-corrected chi connectivity index (χ1v) is 5.06. The van der Waals surface area contributed by atoms with E-state index in [-0.39, 0.29) is 24.5 Å². The van der Waals surface area contributed by atoms with E-state index in [9.17, 15) is 14.9 Å². The summed E-state index contributed by atoms with van der Waals surface area (Å²) in [4.78, 5) is 20.9. The van der Waals surface area contributed by atoms with Gasteiger partial charge >= 0.3 is 11.7 Å². The SMILES string of the molecule is COC(=O)CCOc1cc(Cl)ccc1[N+](=O)[O-]. The van der Waals surface area contributed by atoms with Gasteiger partial charge in [-0.1, -0.05) is 11.6 Å². The lowest BCUT2D eigenvalue weighted by Gasteiger charge is -2.06. The second-order valence-corrected chi connectivity index (χ2v) is 3.48. The molecule has 0 unspecified atom stereocenters. The standard InChI is InChI=1S/C10H10ClNO5/c1-16-10(13)4-5-17-9-6-7(11)2-3-8(9)12(14)15/h2-3,6H,4-5H2,1H3. The number of hydrogen-bond donors (Lipinski definition) is 0. The van der Waals surface area contributed by atoms with Gasteiger partial charge in [0.05, 0.1) is 25.1 Å². The topological polar surface area (TPSA) is 78.7 Å². The first-order chi connectivity index (χ1) is 8.04. The van der Waals surface area contributed by atoms with Gasteiger partial charge in [-0.2, -0.15) is 0 Å². The van der Waals surface area contributed by atoms with Gasteiger partial charge in [-0.25, -0.2) is 0 Å². The number of nitro groups is 1. The number of halogens is 1. The van der Waals surface area contributed by atoms with E-state index in [2.05, 4.69) is 4.74 Å². The van der Waals surface area contributed by atoms with Crippen LogP contribution in [0.3, 0.4) is 0 Å². The molecule has 0 aromatic heterocycles. The average molecular weight is 260 g/mol. The van der Waals surface area contributed by atoms with Crippen molar-refractivity contribution in [2.45, 2.75) is 6.42 Å². The summed E-state index contributed by atoms with van der Waals surface area (Å²) in [6, 6.07) is 3.97. The predicted molar refractivity (Wildman–Crippen MR) is 60.2 cm³/mol. The number of nitrogens with zero attached hydrogens (tertiary/aromatic N) is 1. The lowest BCUT2D eigenvalue weighted by molar-refractivity contribution is -0.385. The fourth-order valence-corrected chi connectivity index (χ4v) is 1.26. The molecule has 17 heavy (non-hydrogen) atoms. The van der Waals surface area contributed by atoms with Crippen LogP contribution in [0, 0.1) is 10.1 Å². The highest BCUT2D eigenvalue weighted by Gasteiger charge is 2.15.